The second kappa shape index (κ2) is 6.84. The molecule has 1 aliphatic heterocycles. The zero-order chi connectivity index (χ0) is 15.4. The molecule has 0 radical (unpaired) electrons. The normalized spacial score (nSPS) is 15.1. The fraction of sp³-hybridized carbons (Fsp3) is 0.263. The molecule has 0 atom stereocenters. The van der Waals surface area contributed by atoms with Crippen LogP contribution < -0.4 is 5.32 Å². The molecule has 114 valence electrons. The van der Waals surface area contributed by atoms with Gasteiger partial charge in [-0.1, -0.05) is 35.9 Å². The third kappa shape index (κ3) is 3.60. The molecule has 1 heterocycles. The number of nitrogens with one attached hydrogen (secondary N) is 1. The maximum absolute atomic E-state index is 13.2. The largest absolute Gasteiger partial charge is 0.316 e. The van der Waals surface area contributed by atoms with Crippen LogP contribution in [0, 0.1) is 11.6 Å². The summed E-state index contributed by atoms with van der Waals surface area (Å²) in [5.41, 5.74) is 3.45. The van der Waals surface area contributed by atoms with Gasteiger partial charge in [0.2, 0.25) is 0 Å². The molecule has 0 aliphatic carbocycles. The topological polar surface area (TPSA) is 12.0 Å². The average molecular weight is 299 g/mol. The van der Waals surface area contributed by atoms with Gasteiger partial charge in [0.1, 0.15) is 11.6 Å². The molecule has 3 rings (SSSR count). The number of hydrogen-bond donors (Lipinski definition) is 1. The van der Waals surface area contributed by atoms with Crippen molar-refractivity contribution in [1.29, 1.82) is 0 Å². The predicted octanol–water partition coefficient (Wildman–Crippen LogP) is 4.41. The molecule has 1 N–H and O–H groups in total. The summed E-state index contributed by atoms with van der Waals surface area (Å²) in [5.74, 6) is -0.443. The predicted molar refractivity (Wildman–Crippen MR) is 84.8 cm³/mol. The lowest BCUT2D eigenvalue weighted by Gasteiger charge is -2.20. The molecule has 2 aromatic rings. The van der Waals surface area contributed by atoms with Crippen molar-refractivity contribution < 1.29 is 8.78 Å². The van der Waals surface area contributed by atoms with Crippen LogP contribution in [0.3, 0.4) is 0 Å². The molecule has 0 saturated carbocycles. The minimum Gasteiger partial charge on any atom is -0.316 e. The highest BCUT2D eigenvalue weighted by atomic mass is 19.1. The van der Waals surface area contributed by atoms with Gasteiger partial charge < -0.3 is 5.32 Å². The van der Waals surface area contributed by atoms with Crippen LogP contribution in [-0.4, -0.2) is 13.1 Å². The highest BCUT2D eigenvalue weighted by Gasteiger charge is 2.14. The van der Waals surface area contributed by atoms with E-state index in [-0.39, 0.29) is 17.6 Å². The van der Waals surface area contributed by atoms with E-state index in [0.29, 0.717) is 0 Å². The average Bonchev–Trinajstić information content (AvgIpc) is 2.56. The SMILES string of the molecule is Fc1ccc(C(C=C2CCNCC2)c2ccc(F)cc2)cc1. The van der Waals surface area contributed by atoms with Crippen LogP contribution in [-0.2, 0) is 0 Å². The Morgan fingerprint density at radius 2 is 1.23 bits per heavy atom. The Balaban J connectivity index is 1.97. The number of rotatable bonds is 3. The van der Waals surface area contributed by atoms with E-state index >= 15 is 0 Å². The van der Waals surface area contributed by atoms with Crippen LogP contribution in [0.15, 0.2) is 60.2 Å². The Morgan fingerprint density at radius 1 is 0.773 bits per heavy atom. The van der Waals surface area contributed by atoms with Crippen molar-refractivity contribution in [1.82, 2.24) is 5.32 Å². The van der Waals surface area contributed by atoms with Gasteiger partial charge in [-0.15, -0.1) is 0 Å². The fourth-order valence-electron chi connectivity index (χ4n) is 2.88. The van der Waals surface area contributed by atoms with Crippen LogP contribution in [0.5, 0.6) is 0 Å². The van der Waals surface area contributed by atoms with E-state index in [0.717, 1.165) is 37.1 Å². The van der Waals surface area contributed by atoms with Crippen LogP contribution >= 0.6 is 0 Å². The third-order valence-corrected chi connectivity index (χ3v) is 4.11. The molecule has 1 nitrogen and oxygen atoms in total. The van der Waals surface area contributed by atoms with Crippen LogP contribution in [0.4, 0.5) is 8.78 Å². The highest BCUT2D eigenvalue weighted by molar-refractivity contribution is 5.38. The van der Waals surface area contributed by atoms with Crippen LogP contribution in [0.1, 0.15) is 29.9 Å². The summed E-state index contributed by atoms with van der Waals surface area (Å²) in [6.07, 6.45) is 4.30. The van der Waals surface area contributed by atoms with Crippen molar-refractivity contribution in [3.8, 4) is 0 Å². The summed E-state index contributed by atoms with van der Waals surface area (Å²) < 4.78 is 26.4. The third-order valence-electron chi connectivity index (χ3n) is 4.11. The maximum Gasteiger partial charge on any atom is 0.123 e. The summed E-state index contributed by atoms with van der Waals surface area (Å²) in [4.78, 5) is 0. The first-order valence-corrected chi connectivity index (χ1v) is 7.63. The summed E-state index contributed by atoms with van der Waals surface area (Å²) in [5, 5.41) is 3.34. The first kappa shape index (κ1) is 14.9. The number of halogens is 2. The number of hydrogen-bond acceptors (Lipinski definition) is 1. The van der Waals surface area contributed by atoms with Crippen molar-refractivity contribution in [3.63, 3.8) is 0 Å². The molecule has 1 aliphatic rings. The van der Waals surface area contributed by atoms with Crippen LogP contribution in [0.2, 0.25) is 0 Å². The monoisotopic (exact) mass is 299 g/mol. The van der Waals surface area contributed by atoms with Gasteiger partial charge in [-0.25, -0.2) is 8.78 Å². The van der Waals surface area contributed by atoms with Crippen molar-refractivity contribution in [2.75, 3.05) is 13.1 Å². The molecule has 2 aromatic carbocycles. The molecule has 0 bridgehead atoms. The second-order valence-electron chi connectivity index (χ2n) is 5.66. The van der Waals surface area contributed by atoms with E-state index in [9.17, 15) is 8.78 Å². The standard InChI is InChI=1S/C19H19F2N/c20-17-5-1-15(2-6-17)19(13-14-9-11-22-12-10-14)16-3-7-18(21)8-4-16/h1-8,13,19,22H,9-12H2. The summed E-state index contributed by atoms with van der Waals surface area (Å²) >= 11 is 0. The molecule has 1 fully saturated rings. The molecule has 1 saturated heterocycles. The number of allylic oxidation sites excluding steroid dienone is 1. The van der Waals surface area contributed by atoms with Gasteiger partial charge in [-0.2, -0.15) is 0 Å². The van der Waals surface area contributed by atoms with Gasteiger partial charge in [0.25, 0.3) is 0 Å². The summed E-state index contributed by atoms with van der Waals surface area (Å²) in [6.45, 7) is 1.98. The molecular formula is C19H19F2N. The number of benzene rings is 2. The van der Waals surface area contributed by atoms with E-state index in [4.69, 9.17) is 0 Å². The molecule has 0 aromatic heterocycles. The molecule has 3 heteroatoms. The van der Waals surface area contributed by atoms with Gasteiger partial charge in [-0.05, 0) is 61.3 Å². The van der Waals surface area contributed by atoms with Crippen molar-refractivity contribution in [2.24, 2.45) is 0 Å². The molecule has 22 heavy (non-hydrogen) atoms. The fourth-order valence-corrected chi connectivity index (χ4v) is 2.88. The molecule has 0 spiro atoms. The van der Waals surface area contributed by atoms with E-state index < -0.39 is 0 Å². The Kier molecular flexibility index (Phi) is 4.64. The lowest BCUT2D eigenvalue weighted by Crippen LogP contribution is -2.23. The number of piperidine rings is 1. The summed E-state index contributed by atoms with van der Waals surface area (Å²) in [7, 11) is 0. The lowest BCUT2D eigenvalue weighted by atomic mass is 9.88. The van der Waals surface area contributed by atoms with E-state index in [1.165, 1.54) is 29.8 Å². The van der Waals surface area contributed by atoms with Gasteiger partial charge in [0, 0.05) is 5.92 Å². The lowest BCUT2D eigenvalue weighted by molar-refractivity contribution is 0.606. The molecule has 0 amide bonds. The Bertz CT molecular complexity index is 591. The van der Waals surface area contributed by atoms with Gasteiger partial charge in [-0.3, -0.25) is 0 Å². The minimum absolute atomic E-state index is 0.0364. The smallest absolute Gasteiger partial charge is 0.123 e. The first-order valence-electron chi connectivity index (χ1n) is 7.63. The Labute approximate surface area is 129 Å². The van der Waals surface area contributed by atoms with Gasteiger partial charge >= 0.3 is 0 Å². The first-order chi connectivity index (χ1) is 10.7. The second-order valence-corrected chi connectivity index (χ2v) is 5.66. The quantitative estimate of drug-likeness (QED) is 0.828. The molecular weight excluding hydrogens is 280 g/mol. The van der Waals surface area contributed by atoms with Crippen molar-refractivity contribution in [2.45, 2.75) is 18.8 Å². The van der Waals surface area contributed by atoms with Gasteiger partial charge in [0.05, 0.1) is 0 Å². The summed E-state index contributed by atoms with van der Waals surface area (Å²) in [6, 6.07) is 13.1. The zero-order valence-electron chi connectivity index (χ0n) is 12.4. The van der Waals surface area contributed by atoms with Crippen LogP contribution in [0.25, 0.3) is 0 Å². The van der Waals surface area contributed by atoms with E-state index in [1.807, 2.05) is 24.3 Å². The van der Waals surface area contributed by atoms with Crippen molar-refractivity contribution >= 4 is 0 Å². The minimum atomic E-state index is -0.240. The van der Waals surface area contributed by atoms with Crippen molar-refractivity contribution in [3.05, 3.63) is 82.9 Å². The Morgan fingerprint density at radius 3 is 1.68 bits per heavy atom. The van der Waals surface area contributed by atoms with E-state index in [1.54, 1.807) is 0 Å². The van der Waals surface area contributed by atoms with E-state index in [2.05, 4.69) is 11.4 Å². The zero-order valence-corrected chi connectivity index (χ0v) is 12.4. The Hall–Kier alpha value is -2.00. The van der Waals surface area contributed by atoms with Gasteiger partial charge in [0.15, 0.2) is 0 Å². The molecule has 0 unspecified atom stereocenters. The maximum atomic E-state index is 13.2. The highest BCUT2D eigenvalue weighted by Crippen LogP contribution is 2.29.